The largest absolute Gasteiger partial charge is 0.399 e. The van der Waals surface area contributed by atoms with Crippen LogP contribution in [0.4, 0.5) is 8.78 Å². The molecule has 0 saturated carbocycles. The Balaban J connectivity index is 0.875. The van der Waals surface area contributed by atoms with Crippen molar-refractivity contribution >= 4 is 71.7 Å². The summed E-state index contributed by atoms with van der Waals surface area (Å²) < 4.78 is 41.0. The molecule has 1 aliphatic carbocycles. The molecule has 422 valence electrons. The minimum atomic E-state index is -5.93. The lowest BCUT2D eigenvalue weighted by Gasteiger charge is -2.39. The minimum Gasteiger partial charge on any atom is -0.370 e. The number of amides is 9. The van der Waals surface area contributed by atoms with Crippen molar-refractivity contribution in [3.05, 3.63) is 106 Å². The molecule has 0 radical (unpaired) electrons. The molecule has 3 saturated heterocycles. The summed E-state index contributed by atoms with van der Waals surface area (Å²) in [5.41, 5.74) is 3.78. The van der Waals surface area contributed by atoms with Gasteiger partial charge in [-0.1, -0.05) is 54.7 Å². The number of aryl methyl sites for hydroxylation is 1. The van der Waals surface area contributed by atoms with Crippen LogP contribution in [0.2, 0.25) is 0 Å². The Morgan fingerprint density at radius 3 is 2.45 bits per heavy atom. The fourth-order valence-corrected chi connectivity index (χ4v) is 12.0. The lowest BCUT2D eigenvalue weighted by molar-refractivity contribution is -0.145. The van der Waals surface area contributed by atoms with Crippen LogP contribution in [0.25, 0.3) is 10.9 Å². The van der Waals surface area contributed by atoms with Gasteiger partial charge < -0.3 is 51.2 Å². The third-order valence-corrected chi connectivity index (χ3v) is 16.7. The predicted molar refractivity (Wildman–Crippen MR) is 283 cm³/mol. The number of unbranched alkanes of at least 4 members (excludes halogenated alkanes) is 3. The Labute approximate surface area is 458 Å². The van der Waals surface area contributed by atoms with Gasteiger partial charge in [-0.25, -0.2) is 0 Å². The summed E-state index contributed by atoms with van der Waals surface area (Å²) >= 11 is 0. The SMILES string of the molecule is NC(=O)CC[C@H](NC(=O)[C@@H]1CC[C@@H]2CCN(C(=O)CCCCCC#Cc3cccc4c3CN(C3CCC(=O)NC3=O)C4=O)C[C@H](NC(=O)c3cc4cc(C(F)(F)P(=O)(O)O)ccc4[nH]3)C(=O)N21)C(=O)N[C@@H]1CCCc2ccccc21. The standard InChI is InChI=1S/C56H62F2N9O12P/c57-56(58,80(77,78)79)35-18-20-40-34(28-35)29-43(60-40)51(72)63-44-31-65(49(70)17-5-3-1-2-4-10-33-12-8-15-38-39(33)30-66(54(38)75)45-23-25-48(69)64-52(45)73)27-26-36-19-22-46(67(36)55(44)76)53(74)62-42(21-24-47(59)68)50(71)61-41-16-9-13-32-11-6-7-14-37(32)41/h6-8,11-12,14-15,18,20,28-29,36,41-42,44-46,60H,1-3,5,9,13,16-17,19,21-27,30-31H2,(H2,59,68)(H,61,71)(H,62,74)(H,63,72)(H,64,69,73)(H2,77,78,79)/t36-,41-,42+,44+,45?,46+/m1/s1. The molecule has 4 aliphatic heterocycles. The van der Waals surface area contributed by atoms with E-state index in [-0.39, 0.29) is 105 Å². The lowest BCUT2D eigenvalue weighted by atomic mass is 9.87. The van der Waals surface area contributed by atoms with Gasteiger partial charge in [-0.05, 0) is 111 Å². The molecule has 5 heterocycles. The van der Waals surface area contributed by atoms with Crippen molar-refractivity contribution in [1.82, 2.24) is 41.0 Å². The molecule has 5 aliphatic rings. The number of piperidine rings is 1. The zero-order chi connectivity index (χ0) is 57.0. The number of hydrogen-bond donors (Lipinski definition) is 8. The summed E-state index contributed by atoms with van der Waals surface area (Å²) in [6, 6.07) is 11.4. The summed E-state index contributed by atoms with van der Waals surface area (Å²) in [6.45, 7) is 0.00561. The second kappa shape index (κ2) is 23.9. The number of halogens is 2. The van der Waals surface area contributed by atoms with Gasteiger partial charge in [-0.2, -0.15) is 8.78 Å². The first-order chi connectivity index (χ1) is 38.2. The van der Waals surface area contributed by atoms with Crippen molar-refractivity contribution in [2.45, 2.75) is 145 Å². The van der Waals surface area contributed by atoms with Gasteiger partial charge in [0, 0.05) is 79.0 Å². The van der Waals surface area contributed by atoms with E-state index >= 15 is 0 Å². The first-order valence-electron chi connectivity index (χ1n) is 26.9. The second-order valence-corrected chi connectivity index (χ2v) is 22.7. The molecule has 9 N–H and O–H groups in total. The number of aromatic nitrogens is 1. The highest BCUT2D eigenvalue weighted by Gasteiger charge is 2.51. The van der Waals surface area contributed by atoms with Gasteiger partial charge in [0.05, 0.1) is 6.04 Å². The molecule has 0 spiro atoms. The average molecular weight is 1120 g/mol. The van der Waals surface area contributed by atoms with Crippen LogP contribution in [0.15, 0.2) is 66.7 Å². The highest BCUT2D eigenvalue weighted by molar-refractivity contribution is 7.52. The molecule has 9 amide bonds. The number of primary amides is 1. The number of aromatic amines is 1. The fourth-order valence-electron chi connectivity index (χ4n) is 11.5. The normalized spacial score (nSPS) is 21.5. The quantitative estimate of drug-likeness (QED) is 0.0324. The third-order valence-electron chi connectivity index (χ3n) is 15.7. The molecule has 9 rings (SSSR count). The number of nitrogens with zero attached hydrogens (tertiary/aromatic N) is 3. The van der Waals surface area contributed by atoms with Crippen LogP contribution in [-0.2, 0) is 56.8 Å². The lowest BCUT2D eigenvalue weighted by Crippen LogP contribution is -2.62. The second-order valence-electron chi connectivity index (χ2n) is 21.0. The van der Waals surface area contributed by atoms with Crippen molar-refractivity contribution in [1.29, 1.82) is 0 Å². The number of imide groups is 1. The van der Waals surface area contributed by atoms with Gasteiger partial charge in [0.1, 0.15) is 29.9 Å². The molecular weight excluding hydrogens is 1060 g/mol. The molecular formula is C56H62F2N9O12P. The third kappa shape index (κ3) is 12.3. The number of nitrogens with one attached hydrogen (secondary N) is 5. The van der Waals surface area contributed by atoms with Crippen LogP contribution in [0.3, 0.4) is 0 Å². The average Bonchev–Trinajstić information content (AvgIpc) is 4.22. The summed E-state index contributed by atoms with van der Waals surface area (Å²) in [4.78, 5) is 147. The molecule has 4 aromatic rings. The Morgan fingerprint density at radius 2 is 1.68 bits per heavy atom. The van der Waals surface area contributed by atoms with Crippen LogP contribution in [0, 0.1) is 11.8 Å². The number of rotatable bonds is 17. The Bertz CT molecular complexity index is 3280. The minimum absolute atomic E-state index is 0.00459. The van der Waals surface area contributed by atoms with E-state index in [1.54, 1.807) is 18.2 Å². The molecule has 6 atom stereocenters. The van der Waals surface area contributed by atoms with E-state index < -0.39 is 84.5 Å². The van der Waals surface area contributed by atoms with Crippen LogP contribution >= 0.6 is 7.60 Å². The summed E-state index contributed by atoms with van der Waals surface area (Å²) in [5, 5.41) is 10.8. The van der Waals surface area contributed by atoms with Gasteiger partial charge in [-0.3, -0.25) is 53.0 Å². The number of H-pyrrole nitrogens is 1. The summed E-state index contributed by atoms with van der Waals surface area (Å²) in [7, 11) is -5.93. The van der Waals surface area contributed by atoms with Crippen molar-refractivity contribution < 1.29 is 66.3 Å². The maximum atomic E-state index is 14.9. The number of carbonyl (C=O) groups is 9. The Morgan fingerprint density at radius 1 is 0.875 bits per heavy atom. The van der Waals surface area contributed by atoms with Gasteiger partial charge >= 0.3 is 13.3 Å². The van der Waals surface area contributed by atoms with Crippen LogP contribution in [0.5, 0.6) is 0 Å². The number of alkyl halides is 2. The molecule has 3 fully saturated rings. The number of hydrogen-bond acceptors (Lipinski definition) is 10. The first kappa shape index (κ1) is 56.9. The number of nitrogens with two attached hydrogens (primary N) is 1. The maximum absolute atomic E-state index is 14.9. The molecule has 1 aromatic heterocycles. The molecule has 3 aromatic carbocycles. The number of fused-ring (bicyclic) bond motifs is 4. The monoisotopic (exact) mass is 1120 g/mol. The maximum Gasteiger partial charge on any atom is 0.399 e. The van der Waals surface area contributed by atoms with Crippen molar-refractivity contribution in [2.24, 2.45) is 5.73 Å². The van der Waals surface area contributed by atoms with Crippen LogP contribution in [-0.4, -0.2) is 126 Å². The molecule has 21 nitrogen and oxygen atoms in total. The highest BCUT2D eigenvalue weighted by Crippen LogP contribution is 2.59. The van der Waals surface area contributed by atoms with Crippen LogP contribution in [0.1, 0.15) is 145 Å². The van der Waals surface area contributed by atoms with E-state index in [0.29, 0.717) is 55.2 Å². The van der Waals surface area contributed by atoms with Gasteiger partial charge in [0.25, 0.3) is 11.8 Å². The fraction of sp³-hybridized carbons (Fsp3) is 0.446. The number of carbonyl (C=O) groups excluding carboxylic acids is 9. The van der Waals surface area contributed by atoms with Gasteiger partial charge in [-0.15, -0.1) is 0 Å². The van der Waals surface area contributed by atoms with Crippen molar-refractivity contribution in [3.63, 3.8) is 0 Å². The molecule has 80 heavy (non-hydrogen) atoms. The highest BCUT2D eigenvalue weighted by atomic mass is 31.2. The van der Waals surface area contributed by atoms with Crippen molar-refractivity contribution in [2.75, 3.05) is 13.1 Å². The van der Waals surface area contributed by atoms with Gasteiger partial charge in [0.2, 0.25) is 41.4 Å². The number of benzene rings is 3. The Hall–Kier alpha value is -7.80. The Kier molecular flexibility index (Phi) is 17.0. The zero-order valence-corrected chi connectivity index (χ0v) is 44.5. The van der Waals surface area contributed by atoms with E-state index in [2.05, 4.69) is 38.1 Å². The molecule has 1 unspecified atom stereocenters. The van der Waals surface area contributed by atoms with E-state index in [4.69, 9.17) is 5.73 Å². The van der Waals surface area contributed by atoms with E-state index in [1.807, 2.05) is 24.3 Å². The smallest absolute Gasteiger partial charge is 0.370 e. The zero-order valence-electron chi connectivity index (χ0n) is 43.6. The topological polar surface area (TPSA) is 311 Å². The molecule has 24 heteroatoms. The first-order valence-corrected chi connectivity index (χ1v) is 28.5. The van der Waals surface area contributed by atoms with Crippen LogP contribution < -0.4 is 27.0 Å². The molecule has 0 bridgehead atoms. The van der Waals surface area contributed by atoms with E-state index in [1.165, 1.54) is 20.8 Å². The summed E-state index contributed by atoms with van der Waals surface area (Å²) in [5.74, 6) is 1.33. The van der Waals surface area contributed by atoms with E-state index in [9.17, 15) is 66.3 Å². The van der Waals surface area contributed by atoms with Gasteiger partial charge in [0.15, 0.2) is 0 Å². The van der Waals surface area contributed by atoms with E-state index in [0.717, 1.165) is 42.2 Å². The summed E-state index contributed by atoms with van der Waals surface area (Å²) in [6.07, 6.45) is 5.32. The predicted octanol–water partition coefficient (Wildman–Crippen LogP) is 3.79. The van der Waals surface area contributed by atoms with Crippen molar-refractivity contribution in [3.8, 4) is 11.8 Å².